The lowest BCUT2D eigenvalue weighted by molar-refractivity contribution is -0.140. The number of rotatable bonds is 9. The highest BCUT2D eigenvalue weighted by molar-refractivity contribution is 8.32. The fourth-order valence-corrected chi connectivity index (χ4v) is 5.49. The molecule has 0 aliphatic carbocycles. The second-order valence-electron chi connectivity index (χ2n) is 9.20. The minimum atomic E-state index is -1.69. The van der Waals surface area contributed by atoms with Gasteiger partial charge >= 0.3 is 5.97 Å². The van der Waals surface area contributed by atoms with Crippen LogP contribution < -0.4 is 10.1 Å². The van der Waals surface area contributed by atoms with Crippen LogP contribution >= 0.6 is 10.0 Å². The van der Waals surface area contributed by atoms with Crippen molar-refractivity contribution in [3.63, 3.8) is 0 Å². The van der Waals surface area contributed by atoms with Gasteiger partial charge in [0.2, 0.25) is 11.8 Å². The van der Waals surface area contributed by atoms with Gasteiger partial charge < -0.3 is 20.1 Å². The Morgan fingerprint density at radius 3 is 2.42 bits per heavy atom. The minimum Gasteiger partial charge on any atom is -0.481 e. The molecule has 2 N–H and O–H groups in total. The van der Waals surface area contributed by atoms with Gasteiger partial charge in [-0.25, -0.2) is 23.8 Å². The molecule has 0 saturated heterocycles. The van der Waals surface area contributed by atoms with Crippen LogP contribution in [0.4, 0.5) is 14.5 Å². The minimum absolute atomic E-state index is 0.00796. The summed E-state index contributed by atoms with van der Waals surface area (Å²) in [6.45, 7) is 2.40. The fraction of sp³-hybridized carbons (Fsp3) is 0.440. The quantitative estimate of drug-likeness (QED) is 0.512. The monoisotopic (exact) mass is 523 g/mol. The van der Waals surface area contributed by atoms with Gasteiger partial charge in [-0.2, -0.15) is 0 Å². The van der Waals surface area contributed by atoms with Crippen molar-refractivity contribution in [1.29, 1.82) is 0 Å². The summed E-state index contributed by atoms with van der Waals surface area (Å²) >= 11 is 0. The summed E-state index contributed by atoms with van der Waals surface area (Å²) in [4.78, 5) is 43.1. The largest absolute Gasteiger partial charge is 0.481 e. The number of carboxylic acids is 1. The molecule has 0 saturated carbocycles. The number of benzene rings is 1. The third-order valence-corrected chi connectivity index (χ3v) is 7.31. The van der Waals surface area contributed by atoms with E-state index in [0.29, 0.717) is 30.2 Å². The Kier molecular flexibility index (Phi) is 8.55. The van der Waals surface area contributed by atoms with Crippen molar-refractivity contribution in [2.75, 3.05) is 37.2 Å². The molecule has 1 aliphatic heterocycles. The van der Waals surface area contributed by atoms with Crippen LogP contribution in [0.1, 0.15) is 43.5 Å². The van der Waals surface area contributed by atoms with Crippen molar-refractivity contribution in [3.8, 4) is 5.88 Å². The second-order valence-corrected chi connectivity index (χ2v) is 13.3. The maximum Gasteiger partial charge on any atom is 0.303 e. The average molecular weight is 524 g/mol. The van der Waals surface area contributed by atoms with Crippen molar-refractivity contribution < 1.29 is 33.0 Å². The summed E-state index contributed by atoms with van der Waals surface area (Å²) in [5.74, 6) is -3.16. The molecule has 0 bridgehead atoms. The van der Waals surface area contributed by atoms with Crippen LogP contribution in [-0.2, 0) is 20.8 Å². The number of halogens is 2. The topological polar surface area (TPSA) is 109 Å². The predicted molar refractivity (Wildman–Crippen MR) is 134 cm³/mol. The highest BCUT2D eigenvalue weighted by Gasteiger charge is 2.37. The smallest absolute Gasteiger partial charge is 0.303 e. The van der Waals surface area contributed by atoms with Gasteiger partial charge in [-0.3, -0.25) is 14.4 Å². The molecule has 1 aromatic carbocycles. The van der Waals surface area contributed by atoms with E-state index < -0.39 is 39.6 Å². The van der Waals surface area contributed by atoms with Gasteiger partial charge in [0.25, 0.3) is 5.91 Å². The van der Waals surface area contributed by atoms with Crippen molar-refractivity contribution in [1.82, 2.24) is 9.88 Å². The maximum atomic E-state index is 14.8. The van der Waals surface area contributed by atoms with Crippen molar-refractivity contribution in [2.45, 2.75) is 43.5 Å². The molecule has 0 radical (unpaired) electrons. The van der Waals surface area contributed by atoms with Crippen LogP contribution in [0.25, 0.3) is 0 Å². The standard InChI is InChI=1S/C25H31F2N3O5S/c1-5-35-20-10-9-16-19(29-20)11-12-30(21(31)7-6-8-22(32)33)23(16)25(34)28-15-13-17(26)24(18(27)14-15)36(2,3)4/h9-10,13-14,23H,5-8,11-12H2,1-4H3,(H,28,34)(H,32,33)/t23-/m1/s1. The molecule has 11 heteroatoms. The highest BCUT2D eigenvalue weighted by atomic mass is 32.3. The average Bonchev–Trinajstić information content (AvgIpc) is 2.76. The van der Waals surface area contributed by atoms with Gasteiger partial charge in [0.05, 0.1) is 17.2 Å². The van der Waals surface area contributed by atoms with Gasteiger partial charge in [0.15, 0.2) is 0 Å². The van der Waals surface area contributed by atoms with E-state index >= 15 is 0 Å². The van der Waals surface area contributed by atoms with E-state index in [2.05, 4.69) is 10.3 Å². The Morgan fingerprint density at radius 2 is 1.83 bits per heavy atom. The Labute approximate surface area is 210 Å². The molecule has 2 amide bonds. The van der Waals surface area contributed by atoms with Gasteiger partial charge in [-0.1, -0.05) is 0 Å². The number of nitrogens with one attached hydrogen (secondary N) is 1. The van der Waals surface area contributed by atoms with E-state index in [4.69, 9.17) is 9.84 Å². The number of fused-ring (bicyclic) bond motifs is 1. The van der Waals surface area contributed by atoms with Crippen LogP contribution in [0.5, 0.6) is 5.88 Å². The van der Waals surface area contributed by atoms with Crippen LogP contribution in [0, 0.1) is 11.6 Å². The van der Waals surface area contributed by atoms with E-state index in [9.17, 15) is 23.2 Å². The van der Waals surface area contributed by atoms with E-state index in [1.165, 1.54) is 4.90 Å². The molecule has 196 valence electrons. The summed E-state index contributed by atoms with van der Waals surface area (Å²) < 4.78 is 35.0. The summed E-state index contributed by atoms with van der Waals surface area (Å²) in [5.41, 5.74) is 0.997. The second kappa shape index (κ2) is 11.2. The van der Waals surface area contributed by atoms with E-state index in [1.807, 2.05) is 6.92 Å². The lowest BCUT2D eigenvalue weighted by atomic mass is 9.95. The lowest BCUT2D eigenvalue weighted by Gasteiger charge is -2.36. The van der Waals surface area contributed by atoms with Gasteiger partial charge in [-0.15, -0.1) is 0 Å². The normalized spacial score (nSPS) is 15.7. The van der Waals surface area contributed by atoms with Crippen molar-refractivity contribution in [2.24, 2.45) is 0 Å². The first-order valence-electron chi connectivity index (χ1n) is 11.5. The summed E-state index contributed by atoms with van der Waals surface area (Å²) in [5, 5.41) is 11.4. The molecule has 0 fully saturated rings. The molecule has 2 aromatic rings. The third-order valence-electron chi connectivity index (χ3n) is 5.70. The molecular weight excluding hydrogens is 492 g/mol. The number of ether oxygens (including phenoxy) is 1. The molecule has 3 rings (SSSR count). The van der Waals surface area contributed by atoms with Gasteiger partial charge in [0, 0.05) is 43.1 Å². The first-order valence-corrected chi connectivity index (χ1v) is 14.4. The first kappa shape index (κ1) is 27.4. The van der Waals surface area contributed by atoms with E-state index in [-0.39, 0.29) is 42.3 Å². The molecule has 8 nitrogen and oxygen atoms in total. The number of anilines is 1. The summed E-state index contributed by atoms with van der Waals surface area (Å²) in [6, 6.07) is 4.30. The number of amides is 2. The Hall–Kier alpha value is -3.21. The van der Waals surface area contributed by atoms with Crippen LogP contribution in [0.15, 0.2) is 29.2 Å². The Morgan fingerprint density at radius 1 is 1.17 bits per heavy atom. The highest BCUT2D eigenvalue weighted by Crippen LogP contribution is 2.48. The van der Waals surface area contributed by atoms with Crippen molar-refractivity contribution >= 4 is 33.5 Å². The molecule has 0 unspecified atom stereocenters. The fourth-order valence-electron chi connectivity index (χ4n) is 4.21. The van der Waals surface area contributed by atoms with E-state index in [0.717, 1.165) is 12.1 Å². The summed E-state index contributed by atoms with van der Waals surface area (Å²) in [7, 11) is -1.69. The number of hydrogen-bond acceptors (Lipinski definition) is 5. The predicted octanol–water partition coefficient (Wildman–Crippen LogP) is 4.13. The SMILES string of the molecule is CCOc1ccc2c(n1)CCN(C(=O)CCCC(=O)O)[C@H]2C(=O)Nc1cc(F)c(S(C)(C)C)c(F)c1. The van der Waals surface area contributed by atoms with Crippen molar-refractivity contribution in [3.05, 3.63) is 47.2 Å². The number of nitrogens with zero attached hydrogens (tertiary/aromatic N) is 2. The van der Waals surface area contributed by atoms with Crippen LogP contribution in [-0.4, -0.2) is 64.7 Å². The number of carboxylic acid groups (broad SMARTS) is 1. The third kappa shape index (κ3) is 6.31. The zero-order valence-corrected chi connectivity index (χ0v) is 21.6. The summed E-state index contributed by atoms with van der Waals surface area (Å²) in [6.07, 6.45) is 5.57. The number of aromatic nitrogens is 1. The molecule has 1 aromatic heterocycles. The zero-order chi connectivity index (χ0) is 26.6. The number of carbonyl (C=O) groups excluding carboxylic acids is 2. The van der Waals surface area contributed by atoms with Gasteiger partial charge in [0.1, 0.15) is 17.7 Å². The first-order chi connectivity index (χ1) is 16.9. The number of pyridine rings is 1. The molecule has 2 heterocycles. The zero-order valence-electron chi connectivity index (χ0n) is 20.8. The van der Waals surface area contributed by atoms with E-state index in [1.54, 1.807) is 30.9 Å². The van der Waals surface area contributed by atoms with Crippen LogP contribution in [0.3, 0.4) is 0 Å². The number of hydrogen-bond donors (Lipinski definition) is 2. The molecule has 0 spiro atoms. The molecular formula is C25H31F2N3O5S. The van der Waals surface area contributed by atoms with Gasteiger partial charge in [-0.05, 0) is 50.3 Å². The number of aliphatic carboxylic acids is 1. The molecule has 1 aliphatic rings. The Balaban J connectivity index is 1.93. The number of carbonyl (C=O) groups is 3. The maximum absolute atomic E-state index is 14.8. The Bertz CT molecular complexity index is 1150. The van der Waals surface area contributed by atoms with Crippen LogP contribution in [0.2, 0.25) is 0 Å². The molecule has 36 heavy (non-hydrogen) atoms. The molecule has 1 atom stereocenters. The lowest BCUT2D eigenvalue weighted by Crippen LogP contribution is -2.45.